The van der Waals surface area contributed by atoms with Crippen LogP contribution in [-0.4, -0.2) is 54.4 Å². The van der Waals surface area contributed by atoms with Crippen molar-refractivity contribution in [2.75, 3.05) is 26.4 Å². The van der Waals surface area contributed by atoms with Crippen molar-refractivity contribution < 1.29 is 50.4 Å². The van der Waals surface area contributed by atoms with Gasteiger partial charge >= 0.3 is 18.3 Å². The van der Waals surface area contributed by atoms with Crippen molar-refractivity contribution in [2.45, 2.75) is 57.7 Å². The number of piperidine rings is 1. The van der Waals surface area contributed by atoms with Gasteiger partial charge in [0.15, 0.2) is 18.1 Å². The smallest absolute Gasteiger partial charge is 0.427 e. The number of nitriles is 1. The maximum absolute atomic E-state index is 16.1. The number of aromatic nitrogens is 1. The van der Waals surface area contributed by atoms with E-state index >= 15 is 8.78 Å². The first-order chi connectivity index (χ1) is 25.3. The number of halogens is 6. The van der Waals surface area contributed by atoms with Gasteiger partial charge in [0.2, 0.25) is 0 Å². The Hall–Kier alpha value is -5.13. The number of hydrogen-bond acceptors (Lipinski definition) is 9. The number of likely N-dealkylation sites (tertiary alicyclic amines) is 1. The van der Waals surface area contributed by atoms with Gasteiger partial charge in [-0.2, -0.15) is 27.2 Å². The fraction of sp³-hybridized carbons (Fsp3) is 0.342. The van der Waals surface area contributed by atoms with Gasteiger partial charge in [0.25, 0.3) is 0 Å². The fourth-order valence-corrected chi connectivity index (χ4v) is 6.51. The van der Waals surface area contributed by atoms with E-state index in [1.165, 1.54) is 36.5 Å². The summed E-state index contributed by atoms with van der Waals surface area (Å²) < 4.78 is 98.0. The van der Waals surface area contributed by atoms with Crippen molar-refractivity contribution in [1.82, 2.24) is 9.88 Å². The molecule has 0 bridgehead atoms. The highest BCUT2D eigenvalue weighted by atomic mass is 35.5. The minimum atomic E-state index is -4.69. The molecule has 2 aliphatic rings. The van der Waals surface area contributed by atoms with Gasteiger partial charge in [-0.05, 0) is 85.0 Å². The number of nitrogens with zero attached hydrogens (tertiary/aromatic N) is 3. The Balaban J connectivity index is 1.30. The maximum atomic E-state index is 16.1. The van der Waals surface area contributed by atoms with Crippen molar-refractivity contribution in [3.63, 3.8) is 0 Å². The molecule has 278 valence electrons. The summed E-state index contributed by atoms with van der Waals surface area (Å²) in [5.74, 6) is -0.308. The predicted octanol–water partition coefficient (Wildman–Crippen LogP) is 8.52. The van der Waals surface area contributed by atoms with Gasteiger partial charge in [-0.3, -0.25) is 9.69 Å². The average Bonchev–Trinajstić information content (AvgIpc) is 3.14. The van der Waals surface area contributed by atoms with E-state index in [-0.39, 0.29) is 41.6 Å². The van der Waals surface area contributed by atoms with Crippen LogP contribution in [0.15, 0.2) is 66.9 Å². The maximum Gasteiger partial charge on any atom is 0.427 e. The van der Waals surface area contributed by atoms with E-state index in [0.29, 0.717) is 66.4 Å². The van der Waals surface area contributed by atoms with Gasteiger partial charge < -0.3 is 23.7 Å². The van der Waals surface area contributed by atoms with E-state index in [1.54, 1.807) is 42.2 Å². The van der Waals surface area contributed by atoms with Gasteiger partial charge in [0, 0.05) is 24.4 Å². The van der Waals surface area contributed by atoms with Gasteiger partial charge in [0.1, 0.15) is 49.1 Å². The number of pyridine rings is 1. The van der Waals surface area contributed by atoms with Crippen LogP contribution < -0.4 is 18.9 Å². The first-order valence-electron chi connectivity index (χ1n) is 16.7. The third-order valence-electron chi connectivity index (χ3n) is 8.82. The van der Waals surface area contributed by atoms with Crippen LogP contribution in [0.4, 0.5) is 22.0 Å². The number of benzene rings is 3. The molecule has 1 fully saturated rings. The summed E-state index contributed by atoms with van der Waals surface area (Å²) in [6.45, 7) is 0.801. The summed E-state index contributed by atoms with van der Waals surface area (Å²) >= 11 is 6.58. The molecule has 1 atom stereocenters. The van der Waals surface area contributed by atoms with E-state index in [1.807, 2.05) is 6.07 Å². The second kappa shape index (κ2) is 15.9. The van der Waals surface area contributed by atoms with Crippen LogP contribution in [0.25, 0.3) is 11.1 Å². The molecule has 15 heteroatoms. The molecule has 0 radical (unpaired) electrons. The standard InChI is InChI=1S/C38H33ClF5N3O6/c1-23-28(25-8-9-32-35(17-25)50-14-13-49-32)5-4-6-29(23)38(43,44)53-34-18-33(51-21-24-10-11-46-27(15-24)19-45)26(16-30(34)39)20-47-12-3-2-7-31(47)36(48)52-22-37(40,41)42/h4-6,8-11,15-18,31H,2-3,7,12-14,20-22H2,1H3/t31-/m0/s1. The lowest BCUT2D eigenvalue weighted by Gasteiger charge is -2.34. The number of carbonyl (C=O) groups is 1. The highest BCUT2D eigenvalue weighted by molar-refractivity contribution is 6.32. The zero-order valence-electron chi connectivity index (χ0n) is 28.4. The largest absolute Gasteiger partial charge is 0.488 e. The topological polar surface area (TPSA) is 103 Å². The zero-order valence-corrected chi connectivity index (χ0v) is 29.1. The molecule has 4 aromatic rings. The summed E-state index contributed by atoms with van der Waals surface area (Å²) in [5, 5.41) is 9.07. The second-order valence-electron chi connectivity index (χ2n) is 12.5. The van der Waals surface area contributed by atoms with Crippen LogP contribution in [0.1, 0.15) is 47.2 Å². The molecule has 0 saturated carbocycles. The van der Waals surface area contributed by atoms with Crippen molar-refractivity contribution in [2.24, 2.45) is 0 Å². The van der Waals surface area contributed by atoms with E-state index in [4.69, 9.17) is 30.5 Å². The number of fused-ring (bicyclic) bond motifs is 1. The summed E-state index contributed by atoms with van der Waals surface area (Å²) in [7, 11) is 0. The number of rotatable bonds is 11. The fourth-order valence-electron chi connectivity index (χ4n) is 6.28. The normalized spacial score (nSPS) is 16.1. The second-order valence-corrected chi connectivity index (χ2v) is 12.9. The molecule has 0 N–H and O–H groups in total. The number of hydrogen-bond donors (Lipinski definition) is 0. The van der Waals surface area contributed by atoms with E-state index in [0.717, 1.165) is 0 Å². The molecule has 9 nitrogen and oxygen atoms in total. The van der Waals surface area contributed by atoms with Gasteiger partial charge in [-0.15, -0.1) is 0 Å². The van der Waals surface area contributed by atoms with Gasteiger partial charge in [-0.25, -0.2) is 4.98 Å². The minimum absolute atomic E-state index is 0.0337. The first-order valence-corrected chi connectivity index (χ1v) is 17.0. The molecule has 0 spiro atoms. The lowest BCUT2D eigenvalue weighted by molar-refractivity contribution is -0.190. The minimum Gasteiger partial charge on any atom is -0.488 e. The summed E-state index contributed by atoms with van der Waals surface area (Å²) in [4.78, 5) is 18.3. The molecule has 6 rings (SSSR count). The monoisotopic (exact) mass is 757 g/mol. The molecular weight excluding hydrogens is 725 g/mol. The molecular formula is C38H33ClF5N3O6. The molecule has 0 unspecified atom stereocenters. The van der Waals surface area contributed by atoms with Crippen LogP contribution in [0.2, 0.25) is 5.02 Å². The predicted molar refractivity (Wildman–Crippen MR) is 182 cm³/mol. The SMILES string of the molecule is Cc1c(-c2ccc3c(c2)OCCO3)cccc1C(F)(F)Oc1cc(OCc2ccnc(C#N)c2)c(CN2CCCC[C@H]2C(=O)OCC(F)(F)F)cc1Cl. The third kappa shape index (κ3) is 9.09. The Morgan fingerprint density at radius 1 is 1.02 bits per heavy atom. The molecule has 1 aromatic heterocycles. The van der Waals surface area contributed by atoms with Crippen LogP contribution in [0.3, 0.4) is 0 Å². The molecule has 1 saturated heterocycles. The Morgan fingerprint density at radius 2 is 1.81 bits per heavy atom. The summed E-state index contributed by atoms with van der Waals surface area (Å²) in [6.07, 6.45) is -5.66. The first kappa shape index (κ1) is 37.6. The molecule has 2 aliphatic heterocycles. The lowest BCUT2D eigenvalue weighted by atomic mass is 9.95. The van der Waals surface area contributed by atoms with Gasteiger partial charge in [0.05, 0.1) is 10.6 Å². The summed E-state index contributed by atoms with van der Waals surface area (Å²) in [6, 6.07) is 16.3. The Labute approximate surface area is 306 Å². The van der Waals surface area contributed by atoms with Crippen molar-refractivity contribution >= 4 is 17.6 Å². The van der Waals surface area contributed by atoms with Crippen molar-refractivity contribution in [3.05, 3.63) is 99.8 Å². The lowest BCUT2D eigenvalue weighted by Crippen LogP contribution is -2.45. The highest BCUT2D eigenvalue weighted by Crippen LogP contribution is 2.43. The van der Waals surface area contributed by atoms with Crippen LogP contribution in [-0.2, 0) is 28.8 Å². The van der Waals surface area contributed by atoms with E-state index in [9.17, 15) is 23.2 Å². The molecule has 0 amide bonds. The number of alkyl halides is 5. The molecule has 0 aliphatic carbocycles. The third-order valence-corrected chi connectivity index (χ3v) is 9.12. The Kier molecular flexibility index (Phi) is 11.3. The van der Waals surface area contributed by atoms with E-state index < -0.39 is 42.2 Å². The number of ether oxygens (including phenoxy) is 5. The quantitative estimate of drug-likeness (QED) is 0.110. The highest BCUT2D eigenvalue weighted by Gasteiger charge is 2.39. The van der Waals surface area contributed by atoms with Gasteiger partial charge in [-0.1, -0.05) is 36.2 Å². The zero-order chi connectivity index (χ0) is 37.8. The van der Waals surface area contributed by atoms with E-state index in [2.05, 4.69) is 9.72 Å². The van der Waals surface area contributed by atoms with Crippen molar-refractivity contribution in [3.8, 4) is 40.2 Å². The van der Waals surface area contributed by atoms with Crippen LogP contribution in [0, 0.1) is 18.3 Å². The van der Waals surface area contributed by atoms with Crippen LogP contribution in [0.5, 0.6) is 23.0 Å². The number of esters is 1. The van der Waals surface area contributed by atoms with Crippen LogP contribution >= 0.6 is 11.6 Å². The Morgan fingerprint density at radius 3 is 2.58 bits per heavy atom. The Bertz CT molecular complexity index is 2020. The summed E-state index contributed by atoms with van der Waals surface area (Å²) in [5.41, 5.74) is 2.02. The molecule has 3 heterocycles. The number of carbonyl (C=O) groups excluding carboxylic acids is 1. The molecule has 53 heavy (non-hydrogen) atoms. The van der Waals surface area contributed by atoms with Crippen molar-refractivity contribution in [1.29, 1.82) is 5.26 Å². The molecule has 3 aromatic carbocycles. The average molecular weight is 758 g/mol.